The van der Waals surface area contributed by atoms with Crippen LogP contribution in [0.1, 0.15) is 17.5 Å². The number of nitrogens with one attached hydrogen (secondary N) is 1. The zero-order chi connectivity index (χ0) is 15.6. The van der Waals surface area contributed by atoms with Gasteiger partial charge in [0.05, 0.1) is 0 Å². The van der Waals surface area contributed by atoms with Crippen molar-refractivity contribution in [3.05, 3.63) is 71.0 Å². The van der Waals surface area contributed by atoms with Crippen LogP contribution in [0.2, 0.25) is 5.02 Å². The highest BCUT2D eigenvalue weighted by Gasteiger charge is 2.15. The van der Waals surface area contributed by atoms with Crippen molar-refractivity contribution in [3.63, 3.8) is 0 Å². The molecule has 116 valence electrons. The lowest BCUT2D eigenvalue weighted by atomic mass is 9.99. The SMILES string of the molecule is Clc1ccc(CN2CC=C(c3c[nH]c4ncccc34)CC2)cc1. The largest absolute Gasteiger partial charge is 0.346 e. The maximum Gasteiger partial charge on any atom is 0.137 e. The minimum atomic E-state index is 0.794. The maximum atomic E-state index is 5.95. The first-order chi connectivity index (χ1) is 11.3. The second-order valence-corrected chi connectivity index (χ2v) is 6.38. The predicted octanol–water partition coefficient (Wildman–Crippen LogP) is 4.51. The number of aromatic nitrogens is 2. The Morgan fingerprint density at radius 1 is 1.17 bits per heavy atom. The summed E-state index contributed by atoms with van der Waals surface area (Å²) in [5.41, 5.74) is 4.98. The number of halogens is 1. The van der Waals surface area contributed by atoms with Crippen molar-refractivity contribution in [1.82, 2.24) is 14.9 Å². The van der Waals surface area contributed by atoms with Gasteiger partial charge in [0.25, 0.3) is 0 Å². The number of benzene rings is 1. The molecule has 2 aromatic heterocycles. The molecule has 3 heterocycles. The molecule has 3 aromatic rings. The van der Waals surface area contributed by atoms with E-state index < -0.39 is 0 Å². The lowest BCUT2D eigenvalue weighted by Crippen LogP contribution is -2.27. The second kappa shape index (κ2) is 6.19. The fourth-order valence-corrected chi connectivity index (χ4v) is 3.30. The summed E-state index contributed by atoms with van der Waals surface area (Å²) in [4.78, 5) is 10.1. The summed E-state index contributed by atoms with van der Waals surface area (Å²) in [6, 6.07) is 12.3. The number of nitrogens with zero attached hydrogens (tertiary/aromatic N) is 2. The molecule has 0 aliphatic carbocycles. The second-order valence-electron chi connectivity index (χ2n) is 5.94. The summed E-state index contributed by atoms with van der Waals surface area (Å²) < 4.78 is 0. The summed E-state index contributed by atoms with van der Waals surface area (Å²) >= 11 is 5.95. The van der Waals surface area contributed by atoms with Crippen LogP contribution in [-0.4, -0.2) is 28.0 Å². The molecule has 3 nitrogen and oxygen atoms in total. The number of fused-ring (bicyclic) bond motifs is 1. The summed E-state index contributed by atoms with van der Waals surface area (Å²) in [7, 11) is 0. The van der Waals surface area contributed by atoms with Gasteiger partial charge in [-0.15, -0.1) is 0 Å². The molecule has 0 amide bonds. The van der Waals surface area contributed by atoms with Gasteiger partial charge in [-0.05, 0) is 41.8 Å². The standard InChI is InChI=1S/C19H18ClN3/c20-16-5-3-14(4-6-16)13-23-10-7-15(8-11-23)18-12-22-19-17(18)2-1-9-21-19/h1-7,9,12H,8,10-11,13H2,(H,21,22). The summed E-state index contributed by atoms with van der Waals surface area (Å²) in [5, 5.41) is 2.01. The van der Waals surface area contributed by atoms with Crippen LogP contribution in [0.4, 0.5) is 0 Å². The summed E-state index contributed by atoms with van der Waals surface area (Å²) in [5.74, 6) is 0. The fraction of sp³-hybridized carbons (Fsp3) is 0.211. The van der Waals surface area contributed by atoms with Gasteiger partial charge in [0.1, 0.15) is 5.65 Å². The van der Waals surface area contributed by atoms with Crippen LogP contribution in [0.25, 0.3) is 16.6 Å². The number of hydrogen-bond acceptors (Lipinski definition) is 2. The van der Waals surface area contributed by atoms with E-state index in [-0.39, 0.29) is 0 Å². The van der Waals surface area contributed by atoms with Crippen LogP contribution in [-0.2, 0) is 6.54 Å². The van der Waals surface area contributed by atoms with Crippen LogP contribution in [0, 0.1) is 0 Å². The molecule has 0 saturated heterocycles. The van der Waals surface area contributed by atoms with E-state index >= 15 is 0 Å². The van der Waals surface area contributed by atoms with Crippen molar-refractivity contribution in [2.45, 2.75) is 13.0 Å². The predicted molar refractivity (Wildman–Crippen MR) is 95.4 cm³/mol. The first-order valence-electron chi connectivity index (χ1n) is 7.88. The van der Waals surface area contributed by atoms with Crippen molar-refractivity contribution in [3.8, 4) is 0 Å². The van der Waals surface area contributed by atoms with Crippen molar-refractivity contribution >= 4 is 28.2 Å². The number of rotatable bonds is 3. The molecule has 4 heteroatoms. The molecule has 0 radical (unpaired) electrons. The van der Waals surface area contributed by atoms with Gasteiger partial charge in [0, 0.05) is 48.0 Å². The minimum absolute atomic E-state index is 0.794. The third-order valence-corrected chi connectivity index (χ3v) is 4.66. The zero-order valence-electron chi connectivity index (χ0n) is 12.8. The van der Waals surface area contributed by atoms with Crippen LogP contribution in [0.5, 0.6) is 0 Å². The normalized spacial score (nSPS) is 15.8. The van der Waals surface area contributed by atoms with Gasteiger partial charge in [0.15, 0.2) is 0 Å². The molecule has 0 atom stereocenters. The number of H-pyrrole nitrogens is 1. The van der Waals surface area contributed by atoms with Crippen LogP contribution in [0.15, 0.2) is 54.9 Å². The molecule has 0 saturated carbocycles. The Morgan fingerprint density at radius 2 is 2.04 bits per heavy atom. The average Bonchev–Trinajstić information content (AvgIpc) is 3.02. The molecule has 23 heavy (non-hydrogen) atoms. The monoisotopic (exact) mass is 323 g/mol. The van der Waals surface area contributed by atoms with E-state index in [0.717, 1.165) is 36.7 Å². The van der Waals surface area contributed by atoms with E-state index in [1.165, 1.54) is 22.1 Å². The minimum Gasteiger partial charge on any atom is -0.346 e. The van der Waals surface area contributed by atoms with Gasteiger partial charge < -0.3 is 4.98 Å². The molecule has 0 spiro atoms. The van der Waals surface area contributed by atoms with Crippen LogP contribution >= 0.6 is 11.6 Å². The van der Waals surface area contributed by atoms with E-state index in [4.69, 9.17) is 11.6 Å². The highest BCUT2D eigenvalue weighted by Crippen LogP contribution is 2.28. The molecule has 1 aromatic carbocycles. The first kappa shape index (κ1) is 14.5. The Kier molecular flexibility index (Phi) is 3.90. The number of hydrogen-bond donors (Lipinski definition) is 1. The summed E-state index contributed by atoms with van der Waals surface area (Å²) in [6.07, 6.45) is 7.31. The highest BCUT2D eigenvalue weighted by molar-refractivity contribution is 6.30. The van der Waals surface area contributed by atoms with E-state index in [1.807, 2.05) is 24.4 Å². The molecule has 0 fully saturated rings. The van der Waals surface area contributed by atoms with Gasteiger partial charge in [-0.2, -0.15) is 0 Å². The van der Waals surface area contributed by atoms with E-state index in [9.17, 15) is 0 Å². The van der Waals surface area contributed by atoms with Crippen molar-refractivity contribution in [2.75, 3.05) is 13.1 Å². The Labute approximate surface area is 140 Å². The molecule has 1 N–H and O–H groups in total. The van der Waals surface area contributed by atoms with Crippen LogP contribution < -0.4 is 0 Å². The molecule has 4 rings (SSSR count). The van der Waals surface area contributed by atoms with Crippen molar-refractivity contribution < 1.29 is 0 Å². The lowest BCUT2D eigenvalue weighted by molar-refractivity contribution is 0.294. The molecular formula is C19H18ClN3. The number of aromatic amines is 1. The van der Waals surface area contributed by atoms with Gasteiger partial charge in [-0.3, -0.25) is 4.90 Å². The molecule has 1 aliphatic heterocycles. The third kappa shape index (κ3) is 3.03. The average molecular weight is 324 g/mol. The van der Waals surface area contributed by atoms with Gasteiger partial charge in [0.2, 0.25) is 0 Å². The lowest BCUT2D eigenvalue weighted by Gasteiger charge is -2.26. The number of pyridine rings is 1. The highest BCUT2D eigenvalue weighted by atomic mass is 35.5. The van der Waals surface area contributed by atoms with Gasteiger partial charge >= 0.3 is 0 Å². The van der Waals surface area contributed by atoms with E-state index in [1.54, 1.807) is 0 Å². The van der Waals surface area contributed by atoms with Crippen molar-refractivity contribution in [2.24, 2.45) is 0 Å². The van der Waals surface area contributed by atoms with Crippen LogP contribution in [0.3, 0.4) is 0 Å². The maximum absolute atomic E-state index is 5.95. The van der Waals surface area contributed by atoms with Gasteiger partial charge in [-0.1, -0.05) is 29.8 Å². The van der Waals surface area contributed by atoms with E-state index in [2.05, 4.69) is 45.3 Å². The fourth-order valence-electron chi connectivity index (χ4n) is 3.17. The Balaban J connectivity index is 1.49. The van der Waals surface area contributed by atoms with Crippen molar-refractivity contribution in [1.29, 1.82) is 0 Å². The molecule has 0 bridgehead atoms. The topological polar surface area (TPSA) is 31.9 Å². The Bertz CT molecular complexity index is 848. The quantitative estimate of drug-likeness (QED) is 0.769. The Morgan fingerprint density at radius 3 is 2.83 bits per heavy atom. The smallest absolute Gasteiger partial charge is 0.137 e. The summed E-state index contributed by atoms with van der Waals surface area (Å²) in [6.45, 7) is 3.02. The van der Waals surface area contributed by atoms with Gasteiger partial charge in [-0.25, -0.2) is 4.98 Å². The Hall–Kier alpha value is -2.10. The molecule has 0 unspecified atom stereocenters. The molecular weight excluding hydrogens is 306 g/mol. The molecule has 1 aliphatic rings. The van der Waals surface area contributed by atoms with E-state index in [0.29, 0.717) is 0 Å². The zero-order valence-corrected chi connectivity index (χ0v) is 13.6. The first-order valence-corrected chi connectivity index (χ1v) is 8.26. The third-order valence-electron chi connectivity index (χ3n) is 4.41.